The van der Waals surface area contributed by atoms with E-state index in [2.05, 4.69) is 20.5 Å². The van der Waals surface area contributed by atoms with Crippen LogP contribution in [0.3, 0.4) is 0 Å². The predicted octanol–water partition coefficient (Wildman–Crippen LogP) is 3.47. The lowest BCUT2D eigenvalue weighted by molar-refractivity contribution is -0.144. The van der Waals surface area contributed by atoms with Gasteiger partial charge in [0.15, 0.2) is 0 Å². The highest BCUT2D eigenvalue weighted by atomic mass is 32.1. The molecule has 2 heterocycles. The van der Waals surface area contributed by atoms with Crippen LogP contribution in [0.4, 0.5) is 0 Å². The van der Waals surface area contributed by atoms with E-state index >= 15 is 0 Å². The number of hydrogen-bond donors (Lipinski definition) is 3. The van der Waals surface area contributed by atoms with E-state index in [1.165, 1.54) is 4.90 Å². The van der Waals surface area contributed by atoms with Crippen molar-refractivity contribution in [3.63, 3.8) is 0 Å². The molecule has 2 aromatic rings. The fourth-order valence-electron chi connectivity index (χ4n) is 4.98. The first kappa shape index (κ1) is 30.5. The zero-order chi connectivity index (χ0) is 30.1. The minimum absolute atomic E-state index is 0.0159. The third-order valence-corrected chi connectivity index (χ3v) is 8.48. The lowest BCUT2D eigenvalue weighted by Crippen LogP contribution is -2.59. The number of amides is 3. The van der Waals surface area contributed by atoms with Crippen LogP contribution in [0.2, 0.25) is 0 Å². The van der Waals surface area contributed by atoms with Gasteiger partial charge in [-0.3, -0.25) is 19.2 Å². The number of benzene rings is 1. The van der Waals surface area contributed by atoms with Gasteiger partial charge in [0, 0.05) is 37.9 Å². The second kappa shape index (κ2) is 11.8. The number of aryl methyl sites for hydroxylation is 1. The van der Waals surface area contributed by atoms with Crippen molar-refractivity contribution >= 4 is 29.1 Å². The van der Waals surface area contributed by atoms with E-state index in [0.29, 0.717) is 18.6 Å². The Bertz CT molecular complexity index is 1350. The lowest BCUT2D eigenvalue weighted by Gasteiger charge is -2.35. The molecule has 1 aromatic carbocycles. The van der Waals surface area contributed by atoms with Gasteiger partial charge in [0.05, 0.1) is 28.3 Å². The van der Waals surface area contributed by atoms with Crippen molar-refractivity contribution in [1.82, 2.24) is 20.5 Å². The normalized spacial score (nSPS) is 20.3. The first-order valence-electron chi connectivity index (χ1n) is 13.9. The summed E-state index contributed by atoms with van der Waals surface area (Å²) < 4.78 is 6.07. The largest absolute Gasteiger partial charge is 0.491 e. The molecule has 1 unspecified atom stereocenters. The summed E-state index contributed by atoms with van der Waals surface area (Å²) in [7, 11) is 0. The molecule has 220 valence electrons. The van der Waals surface area contributed by atoms with Crippen molar-refractivity contribution in [3.05, 3.63) is 46.4 Å². The molecular weight excluding hydrogens is 542 g/mol. The van der Waals surface area contributed by atoms with Crippen molar-refractivity contribution in [2.24, 2.45) is 5.41 Å². The highest BCUT2D eigenvalue weighted by Gasteiger charge is 2.59. The number of β-amino-alcohol motifs (C(OH)–C–C–N with tert-alkyl or cyclic N) is 1. The minimum atomic E-state index is -1.10. The summed E-state index contributed by atoms with van der Waals surface area (Å²) in [6, 6.07) is 3.97. The number of carbonyl (C=O) groups excluding carboxylic acids is 3. The summed E-state index contributed by atoms with van der Waals surface area (Å²) in [5.41, 5.74) is 2.71. The second-order valence-corrected chi connectivity index (χ2v) is 13.1. The number of aliphatic hydroxyl groups is 1. The Kier molecular flexibility index (Phi) is 8.76. The quantitative estimate of drug-likeness (QED) is 0.390. The molecule has 41 heavy (non-hydrogen) atoms. The van der Waals surface area contributed by atoms with Crippen LogP contribution in [0.1, 0.15) is 65.1 Å². The molecule has 1 aliphatic heterocycles. The summed E-state index contributed by atoms with van der Waals surface area (Å²) in [5.74, 6) is -0.659. The summed E-state index contributed by atoms with van der Waals surface area (Å²) in [5, 5.41) is 16.2. The fourth-order valence-corrected chi connectivity index (χ4v) is 5.78. The predicted molar refractivity (Wildman–Crippen MR) is 156 cm³/mol. The maximum absolute atomic E-state index is 13.8. The Morgan fingerprint density at radius 1 is 1.29 bits per heavy atom. The molecule has 1 saturated heterocycles. The molecule has 10 nitrogen and oxygen atoms in total. The number of thiazole rings is 1. The van der Waals surface area contributed by atoms with Gasteiger partial charge >= 0.3 is 11.4 Å². The van der Waals surface area contributed by atoms with E-state index in [1.54, 1.807) is 16.8 Å². The van der Waals surface area contributed by atoms with Gasteiger partial charge in [-0.05, 0) is 37.8 Å². The summed E-state index contributed by atoms with van der Waals surface area (Å²) >= 11 is 1.55. The number of aliphatic hydroxyl groups excluding tert-OH is 1. The van der Waals surface area contributed by atoms with Gasteiger partial charge in [0.2, 0.25) is 11.8 Å². The van der Waals surface area contributed by atoms with Crippen molar-refractivity contribution < 1.29 is 24.2 Å². The molecule has 1 saturated carbocycles. The number of ether oxygens (including phenoxy) is 1. The standard InChI is InChI=1S/C30H39N5O5S/c1-17(2)40-23-12-19(24-18(3)33-16-41-24)8-9-20(23)14-32-26(37)22-13-21(36)15-35(22)27(38)25(29(4,5)6)34-28(39)30(31-7)10-11-30/h8-9,12,16-17,21-22,25,36H,10-11,13-15H2,1-6H3,(H,32,37)(H,34,39)/t21-,22?,25-/m1/s1. The number of rotatable bonds is 9. The molecule has 2 aliphatic rings. The topological polar surface area (TPSA) is 125 Å². The summed E-state index contributed by atoms with van der Waals surface area (Å²) in [6.07, 6.45) is 0.0728. The number of aromatic nitrogens is 1. The minimum Gasteiger partial charge on any atom is -0.491 e. The molecule has 2 fully saturated rings. The van der Waals surface area contributed by atoms with Gasteiger partial charge < -0.3 is 25.4 Å². The summed E-state index contributed by atoms with van der Waals surface area (Å²) in [6.45, 7) is 18.8. The Balaban J connectivity index is 1.50. The number of nitrogens with zero attached hydrogens (tertiary/aromatic N) is 3. The van der Waals surface area contributed by atoms with Gasteiger partial charge in [0.25, 0.3) is 0 Å². The van der Waals surface area contributed by atoms with Gasteiger partial charge in [-0.2, -0.15) is 0 Å². The highest BCUT2D eigenvalue weighted by Crippen LogP contribution is 2.40. The van der Waals surface area contributed by atoms with Crippen LogP contribution in [0.5, 0.6) is 5.75 Å². The molecule has 1 aliphatic carbocycles. The van der Waals surface area contributed by atoms with Crippen LogP contribution >= 0.6 is 11.3 Å². The van der Waals surface area contributed by atoms with E-state index < -0.39 is 46.9 Å². The zero-order valence-electron chi connectivity index (χ0n) is 24.5. The Labute approximate surface area is 245 Å². The van der Waals surface area contributed by atoms with Crippen LogP contribution in [0.25, 0.3) is 15.3 Å². The van der Waals surface area contributed by atoms with Crippen molar-refractivity contribution in [1.29, 1.82) is 0 Å². The van der Waals surface area contributed by atoms with Crippen LogP contribution in [0, 0.1) is 18.9 Å². The third kappa shape index (κ3) is 6.71. The molecule has 3 amide bonds. The maximum Gasteiger partial charge on any atom is 0.309 e. The van der Waals surface area contributed by atoms with Gasteiger partial charge in [0.1, 0.15) is 17.8 Å². The molecule has 0 spiro atoms. The number of likely N-dealkylation sites (tertiary alicyclic amines) is 1. The molecular formula is C30H39N5O5S. The van der Waals surface area contributed by atoms with Gasteiger partial charge in [-0.1, -0.05) is 32.9 Å². The molecule has 4 rings (SSSR count). The smallest absolute Gasteiger partial charge is 0.309 e. The second-order valence-electron chi connectivity index (χ2n) is 12.3. The molecule has 3 N–H and O–H groups in total. The Hall–Kier alpha value is -3.49. The van der Waals surface area contributed by atoms with E-state index in [-0.39, 0.29) is 25.6 Å². The number of hydrogen-bond acceptors (Lipinski definition) is 7. The first-order chi connectivity index (χ1) is 19.3. The molecule has 3 atom stereocenters. The Morgan fingerprint density at radius 3 is 2.56 bits per heavy atom. The van der Waals surface area contributed by atoms with Gasteiger partial charge in [-0.15, -0.1) is 11.3 Å². The highest BCUT2D eigenvalue weighted by molar-refractivity contribution is 7.13. The van der Waals surface area contributed by atoms with Crippen molar-refractivity contribution in [3.8, 4) is 16.2 Å². The first-order valence-corrected chi connectivity index (χ1v) is 14.8. The fraction of sp³-hybridized carbons (Fsp3) is 0.567. The van der Waals surface area contributed by atoms with Crippen LogP contribution in [-0.2, 0) is 20.9 Å². The monoisotopic (exact) mass is 581 g/mol. The van der Waals surface area contributed by atoms with Crippen LogP contribution in [-0.4, -0.2) is 69.1 Å². The average molecular weight is 582 g/mol. The molecule has 0 bridgehead atoms. The number of nitrogens with one attached hydrogen (secondary N) is 2. The van der Waals surface area contributed by atoms with Crippen LogP contribution in [0.15, 0.2) is 23.7 Å². The zero-order valence-corrected chi connectivity index (χ0v) is 25.3. The lowest BCUT2D eigenvalue weighted by atomic mass is 9.85. The summed E-state index contributed by atoms with van der Waals surface area (Å²) in [4.78, 5) is 50.3. The molecule has 11 heteroatoms. The Morgan fingerprint density at radius 2 is 2.00 bits per heavy atom. The molecule has 0 radical (unpaired) electrons. The average Bonchev–Trinajstić information content (AvgIpc) is 3.44. The van der Waals surface area contributed by atoms with Crippen molar-refractivity contribution in [2.45, 2.75) is 97.2 Å². The third-order valence-electron chi connectivity index (χ3n) is 7.50. The SMILES string of the molecule is [C-]#[N+]C1(C(=O)N[C@H](C(=O)N2C[C@H](O)CC2C(=O)NCc2ccc(-c3scnc3C)cc2OC(C)C)C(C)(C)C)CC1. The van der Waals surface area contributed by atoms with E-state index in [0.717, 1.165) is 21.7 Å². The van der Waals surface area contributed by atoms with Crippen LogP contribution < -0.4 is 15.4 Å². The van der Waals surface area contributed by atoms with Crippen molar-refractivity contribution in [2.75, 3.05) is 6.54 Å². The van der Waals surface area contributed by atoms with E-state index in [9.17, 15) is 19.5 Å². The van der Waals surface area contributed by atoms with Gasteiger partial charge in [-0.25, -0.2) is 11.6 Å². The molecule has 1 aromatic heterocycles. The number of carbonyl (C=O) groups is 3. The maximum atomic E-state index is 13.8. The van der Waals surface area contributed by atoms with E-state index in [1.807, 2.05) is 59.7 Å². The van der Waals surface area contributed by atoms with E-state index in [4.69, 9.17) is 11.3 Å².